The molecule has 30 heavy (non-hydrogen) atoms. The molecule has 0 saturated carbocycles. The smallest absolute Gasteiger partial charge is 0.356 e. The normalized spacial score (nSPS) is 9.93. The highest BCUT2D eigenvalue weighted by Crippen LogP contribution is 2.14. The Morgan fingerprint density at radius 1 is 1.17 bits per heavy atom. The summed E-state index contributed by atoms with van der Waals surface area (Å²) in [7, 11) is 1.27. The summed E-state index contributed by atoms with van der Waals surface area (Å²) >= 11 is 0. The summed E-state index contributed by atoms with van der Waals surface area (Å²) in [5, 5.41) is 4.05. The van der Waals surface area contributed by atoms with Crippen molar-refractivity contribution in [3.8, 4) is 0 Å². The largest absolute Gasteiger partial charge is 0.464 e. The van der Waals surface area contributed by atoms with Crippen LogP contribution in [0, 0.1) is 18.6 Å². The van der Waals surface area contributed by atoms with E-state index in [0.717, 1.165) is 12.1 Å². The van der Waals surface area contributed by atoms with Gasteiger partial charge < -0.3 is 15.2 Å². The van der Waals surface area contributed by atoms with E-state index in [0.29, 0.717) is 11.3 Å². The molecule has 8 nitrogen and oxygen atoms in total. The fourth-order valence-corrected chi connectivity index (χ4v) is 2.34. The molecular weight excluding hydrogens is 398 g/mol. The number of rotatable bonds is 4. The number of nitrogens with two attached hydrogens (primary N) is 1. The number of halogens is 2. The Balaban J connectivity index is 0.000000348. The zero-order valence-electron chi connectivity index (χ0n) is 16.1. The van der Waals surface area contributed by atoms with Gasteiger partial charge in [-0.3, -0.25) is 0 Å². The minimum Gasteiger partial charge on any atom is -0.464 e. The highest BCUT2D eigenvalue weighted by Gasteiger charge is 2.19. The lowest BCUT2D eigenvalue weighted by Gasteiger charge is -2.04. The van der Waals surface area contributed by atoms with Crippen LogP contribution in [0.25, 0.3) is 5.65 Å². The van der Waals surface area contributed by atoms with Crippen molar-refractivity contribution in [2.24, 2.45) is 5.73 Å². The number of aromatic nitrogens is 3. The Morgan fingerprint density at radius 3 is 2.43 bits per heavy atom. The van der Waals surface area contributed by atoms with E-state index in [1.54, 1.807) is 19.9 Å². The maximum atomic E-state index is 12.3. The molecular formula is C20H24F2N4O4. The lowest BCUT2D eigenvalue weighted by Crippen LogP contribution is -2.10. The van der Waals surface area contributed by atoms with Crippen molar-refractivity contribution in [3.63, 3.8) is 0 Å². The summed E-state index contributed by atoms with van der Waals surface area (Å²) < 4.78 is 35.6. The van der Waals surface area contributed by atoms with E-state index < -0.39 is 23.6 Å². The topological polar surface area (TPSA) is 109 Å². The highest BCUT2D eigenvalue weighted by molar-refractivity contribution is 5.96. The quantitative estimate of drug-likeness (QED) is 0.644. The van der Waals surface area contributed by atoms with E-state index >= 15 is 0 Å². The van der Waals surface area contributed by atoms with Crippen LogP contribution < -0.4 is 5.73 Å². The lowest BCUT2D eigenvalue weighted by atomic mass is 10.2. The summed E-state index contributed by atoms with van der Waals surface area (Å²) in [4.78, 5) is 27.4. The third kappa shape index (κ3) is 5.57. The summed E-state index contributed by atoms with van der Waals surface area (Å²) in [5.74, 6) is -2.77. The molecule has 3 aromatic rings. The number of methoxy groups -OCH3 is 1. The van der Waals surface area contributed by atoms with E-state index in [9.17, 15) is 18.4 Å². The third-order valence-corrected chi connectivity index (χ3v) is 3.76. The van der Waals surface area contributed by atoms with Gasteiger partial charge in [-0.2, -0.15) is 5.10 Å². The first-order chi connectivity index (χ1) is 13.8. The van der Waals surface area contributed by atoms with Crippen LogP contribution in [-0.4, -0.2) is 40.3 Å². The molecule has 0 atom stereocenters. The van der Waals surface area contributed by atoms with Crippen LogP contribution in [0.4, 0.5) is 8.78 Å². The Labute approximate surface area is 172 Å². The molecule has 0 aliphatic carbocycles. The Bertz CT molecular complexity index is 1040. The Morgan fingerprint density at radius 2 is 1.87 bits per heavy atom. The molecule has 2 N–H and O–H groups in total. The van der Waals surface area contributed by atoms with Gasteiger partial charge in [0.25, 0.3) is 0 Å². The van der Waals surface area contributed by atoms with Crippen LogP contribution in [0.1, 0.15) is 46.5 Å². The van der Waals surface area contributed by atoms with Crippen LogP contribution >= 0.6 is 0 Å². The van der Waals surface area contributed by atoms with Gasteiger partial charge in [-0.15, -0.1) is 0 Å². The van der Waals surface area contributed by atoms with Gasteiger partial charge >= 0.3 is 11.9 Å². The van der Waals surface area contributed by atoms with Crippen LogP contribution in [0.2, 0.25) is 0 Å². The van der Waals surface area contributed by atoms with Gasteiger partial charge in [-0.1, -0.05) is 13.5 Å². The molecule has 0 saturated heterocycles. The van der Waals surface area contributed by atoms with Crippen molar-refractivity contribution in [2.45, 2.75) is 27.8 Å². The van der Waals surface area contributed by atoms with Gasteiger partial charge in [0.1, 0.15) is 5.56 Å². The van der Waals surface area contributed by atoms with E-state index in [1.807, 2.05) is 0 Å². The number of hydrogen-bond acceptors (Lipinski definition) is 7. The van der Waals surface area contributed by atoms with Gasteiger partial charge in [0.2, 0.25) is 0 Å². The summed E-state index contributed by atoms with van der Waals surface area (Å²) in [5.41, 5.74) is 7.06. The predicted molar refractivity (Wildman–Crippen MR) is 106 cm³/mol. The third-order valence-electron chi connectivity index (χ3n) is 3.76. The van der Waals surface area contributed by atoms with Gasteiger partial charge in [-0.05, 0) is 37.6 Å². The van der Waals surface area contributed by atoms with Crippen molar-refractivity contribution in [1.29, 1.82) is 0 Å². The first kappa shape index (κ1) is 24.6. The van der Waals surface area contributed by atoms with Gasteiger partial charge in [0, 0.05) is 12.2 Å². The monoisotopic (exact) mass is 422 g/mol. The SMILES string of the molecule is C.CCOC(=O)c1cnn2c(C)cc(C(=O)OC)nc12.NCc1ccc(F)c(F)c1. The molecule has 3 rings (SSSR count). The average molecular weight is 422 g/mol. The molecule has 2 aromatic heterocycles. The second kappa shape index (κ2) is 11.0. The van der Waals surface area contributed by atoms with Crippen LogP contribution in [0.15, 0.2) is 30.5 Å². The highest BCUT2D eigenvalue weighted by atomic mass is 19.2. The minimum atomic E-state index is -0.844. The van der Waals surface area contributed by atoms with E-state index in [-0.39, 0.29) is 37.5 Å². The maximum Gasteiger partial charge on any atom is 0.356 e. The van der Waals surface area contributed by atoms with Crippen molar-refractivity contribution in [1.82, 2.24) is 14.6 Å². The molecule has 10 heteroatoms. The number of ether oxygens (including phenoxy) is 2. The number of esters is 2. The first-order valence-electron chi connectivity index (χ1n) is 8.57. The van der Waals surface area contributed by atoms with Crippen molar-refractivity contribution in [2.75, 3.05) is 13.7 Å². The van der Waals surface area contributed by atoms with Crippen molar-refractivity contribution >= 4 is 17.6 Å². The number of aryl methyl sites for hydroxylation is 1. The minimum absolute atomic E-state index is 0. The second-order valence-corrected chi connectivity index (χ2v) is 5.74. The number of carbonyl (C=O) groups excluding carboxylic acids is 2. The van der Waals surface area contributed by atoms with Crippen molar-refractivity contribution in [3.05, 3.63) is 64.6 Å². The number of benzene rings is 1. The fourth-order valence-electron chi connectivity index (χ4n) is 2.34. The summed E-state index contributed by atoms with van der Waals surface area (Å²) in [6.45, 7) is 3.95. The van der Waals surface area contributed by atoms with Crippen LogP contribution in [-0.2, 0) is 16.0 Å². The molecule has 0 amide bonds. The number of nitrogens with zero attached hydrogens (tertiary/aromatic N) is 3. The zero-order chi connectivity index (χ0) is 21.6. The molecule has 0 spiro atoms. The molecule has 0 unspecified atom stereocenters. The van der Waals surface area contributed by atoms with Crippen molar-refractivity contribution < 1.29 is 27.8 Å². The Kier molecular flexibility index (Phi) is 9.00. The number of fused-ring (bicyclic) bond motifs is 1. The number of carbonyl (C=O) groups is 2. The molecule has 0 radical (unpaired) electrons. The van der Waals surface area contributed by atoms with Crippen LogP contribution in [0.5, 0.6) is 0 Å². The maximum absolute atomic E-state index is 12.3. The van der Waals surface area contributed by atoms with Gasteiger partial charge in [0.05, 0.1) is 19.9 Å². The molecule has 1 aromatic carbocycles. The predicted octanol–water partition coefficient (Wildman–Crippen LogP) is 3.06. The average Bonchev–Trinajstić information content (AvgIpc) is 3.15. The van der Waals surface area contributed by atoms with E-state index in [2.05, 4.69) is 14.8 Å². The molecule has 162 valence electrons. The van der Waals surface area contributed by atoms with Gasteiger partial charge in [0.15, 0.2) is 23.0 Å². The summed E-state index contributed by atoms with van der Waals surface area (Å²) in [6.07, 6.45) is 1.37. The standard InChI is InChI=1S/C12H13N3O4.C7H7F2N.CH4/c1-4-19-11(16)8-6-13-15-7(2)5-9(12(17)18-3)14-10(8)15;8-6-2-1-5(4-10)3-7(6)9;/h5-6H,4H2,1-3H3;1-3H,4,10H2;1H4. The molecule has 0 aliphatic rings. The fraction of sp³-hybridized carbons (Fsp3) is 0.300. The lowest BCUT2D eigenvalue weighted by molar-refractivity contribution is 0.0526. The molecule has 2 heterocycles. The molecule has 0 fully saturated rings. The Hall–Kier alpha value is -3.40. The van der Waals surface area contributed by atoms with Crippen LogP contribution in [0.3, 0.4) is 0 Å². The van der Waals surface area contributed by atoms with E-state index in [1.165, 1.54) is 23.9 Å². The first-order valence-corrected chi connectivity index (χ1v) is 8.57. The zero-order valence-corrected chi connectivity index (χ0v) is 16.1. The molecule has 0 aliphatic heterocycles. The second-order valence-electron chi connectivity index (χ2n) is 5.74. The number of hydrogen-bond donors (Lipinski definition) is 1. The molecule has 0 bridgehead atoms. The van der Waals surface area contributed by atoms with Gasteiger partial charge in [-0.25, -0.2) is 27.9 Å². The summed E-state index contributed by atoms with van der Waals surface area (Å²) in [6, 6.07) is 5.16. The van der Waals surface area contributed by atoms with E-state index in [4.69, 9.17) is 10.5 Å².